The molecular weight excluding hydrogens is 362 g/mol. The number of anilines is 2. The number of nitrogens with zero attached hydrogens (tertiary/aromatic N) is 1. The minimum Gasteiger partial charge on any atom is -0.326 e. The van der Waals surface area contributed by atoms with E-state index in [0.717, 1.165) is 46.5 Å². The van der Waals surface area contributed by atoms with Crippen LogP contribution in [0.2, 0.25) is 0 Å². The predicted molar refractivity (Wildman–Crippen MR) is 118 cm³/mol. The molecule has 154 valence electrons. The number of aryl methyl sites for hydroxylation is 4. The number of rotatable bonds is 8. The summed E-state index contributed by atoms with van der Waals surface area (Å²) in [5, 5.41) is 6.06. The molecule has 0 spiro atoms. The molecule has 0 aromatic heterocycles. The molecule has 1 saturated carbocycles. The zero-order chi connectivity index (χ0) is 21.0. The van der Waals surface area contributed by atoms with Crippen molar-refractivity contribution in [2.24, 2.45) is 0 Å². The van der Waals surface area contributed by atoms with Gasteiger partial charge in [-0.3, -0.25) is 14.5 Å². The molecule has 1 aliphatic carbocycles. The Balaban J connectivity index is 1.54. The highest BCUT2D eigenvalue weighted by Gasteiger charge is 2.30. The van der Waals surface area contributed by atoms with Crippen molar-refractivity contribution in [1.82, 2.24) is 4.90 Å². The van der Waals surface area contributed by atoms with Crippen molar-refractivity contribution < 1.29 is 9.59 Å². The second kappa shape index (κ2) is 9.23. The molecule has 2 aromatic carbocycles. The molecule has 2 amide bonds. The third-order valence-electron chi connectivity index (χ3n) is 5.45. The van der Waals surface area contributed by atoms with Crippen LogP contribution in [0.4, 0.5) is 11.4 Å². The summed E-state index contributed by atoms with van der Waals surface area (Å²) in [7, 11) is 0. The van der Waals surface area contributed by atoms with Crippen LogP contribution in [0.25, 0.3) is 0 Å². The lowest BCUT2D eigenvalue weighted by atomic mass is 10.1. The van der Waals surface area contributed by atoms with Gasteiger partial charge in [0.1, 0.15) is 0 Å². The van der Waals surface area contributed by atoms with E-state index in [4.69, 9.17) is 0 Å². The lowest BCUT2D eigenvalue weighted by Crippen LogP contribution is -2.37. The lowest BCUT2D eigenvalue weighted by molar-refractivity contribution is -0.119. The third kappa shape index (κ3) is 5.91. The van der Waals surface area contributed by atoms with Crippen molar-refractivity contribution in [1.29, 1.82) is 0 Å². The number of carbonyl (C=O) groups is 2. The van der Waals surface area contributed by atoms with E-state index in [-0.39, 0.29) is 11.8 Å². The summed E-state index contributed by atoms with van der Waals surface area (Å²) in [5.74, 6) is -0.0382. The zero-order valence-corrected chi connectivity index (χ0v) is 17.8. The maximum atomic E-state index is 12.6. The van der Waals surface area contributed by atoms with E-state index in [2.05, 4.69) is 15.5 Å². The first kappa shape index (κ1) is 21.1. The van der Waals surface area contributed by atoms with Gasteiger partial charge in [0.15, 0.2) is 0 Å². The summed E-state index contributed by atoms with van der Waals surface area (Å²) in [6, 6.07) is 12.4. The van der Waals surface area contributed by atoms with Gasteiger partial charge in [-0.2, -0.15) is 0 Å². The number of hydrogen-bond donors (Lipinski definition) is 2. The van der Waals surface area contributed by atoms with Crippen LogP contribution < -0.4 is 10.6 Å². The first-order valence-electron chi connectivity index (χ1n) is 10.3. The molecule has 0 saturated heterocycles. The Morgan fingerprint density at radius 1 is 0.931 bits per heavy atom. The van der Waals surface area contributed by atoms with Crippen LogP contribution in [-0.4, -0.2) is 35.8 Å². The Labute approximate surface area is 173 Å². The van der Waals surface area contributed by atoms with E-state index in [0.29, 0.717) is 25.6 Å². The van der Waals surface area contributed by atoms with Crippen molar-refractivity contribution >= 4 is 23.2 Å². The number of para-hydroxylation sites is 1. The van der Waals surface area contributed by atoms with Gasteiger partial charge < -0.3 is 10.6 Å². The standard InChI is InChI=1S/C24H31N3O2/c1-16-8-9-17(2)21(14-16)25-22(28)12-13-27(20-10-11-20)15-23(29)26-24-18(3)6-5-7-19(24)4/h5-9,14,20H,10-13,15H2,1-4H3,(H,25,28)(H,26,29). The Morgan fingerprint density at radius 3 is 2.28 bits per heavy atom. The topological polar surface area (TPSA) is 61.4 Å². The average molecular weight is 394 g/mol. The highest BCUT2D eigenvalue weighted by atomic mass is 16.2. The first-order valence-corrected chi connectivity index (χ1v) is 10.3. The molecule has 0 atom stereocenters. The fourth-order valence-corrected chi connectivity index (χ4v) is 3.53. The molecule has 3 rings (SSSR count). The minimum atomic E-state index is -0.0239. The van der Waals surface area contributed by atoms with Crippen LogP contribution >= 0.6 is 0 Å². The van der Waals surface area contributed by atoms with E-state index in [9.17, 15) is 9.59 Å². The predicted octanol–water partition coefficient (Wildman–Crippen LogP) is 4.35. The van der Waals surface area contributed by atoms with E-state index in [1.165, 1.54) is 0 Å². The molecule has 5 heteroatoms. The van der Waals surface area contributed by atoms with Gasteiger partial charge in [0.2, 0.25) is 11.8 Å². The van der Waals surface area contributed by atoms with Crippen LogP contribution in [0.5, 0.6) is 0 Å². The minimum absolute atomic E-state index is 0.0143. The Morgan fingerprint density at radius 2 is 1.62 bits per heavy atom. The highest BCUT2D eigenvalue weighted by molar-refractivity contribution is 5.94. The molecule has 29 heavy (non-hydrogen) atoms. The largest absolute Gasteiger partial charge is 0.326 e. The molecule has 0 heterocycles. The molecule has 0 radical (unpaired) electrons. The van der Waals surface area contributed by atoms with E-state index in [1.54, 1.807) is 0 Å². The SMILES string of the molecule is Cc1ccc(C)c(NC(=O)CCN(CC(=O)Nc2c(C)cccc2C)C2CC2)c1. The summed E-state index contributed by atoms with van der Waals surface area (Å²) < 4.78 is 0. The Kier molecular flexibility index (Phi) is 6.70. The van der Waals surface area contributed by atoms with Crippen LogP contribution in [0.3, 0.4) is 0 Å². The maximum Gasteiger partial charge on any atom is 0.238 e. The zero-order valence-electron chi connectivity index (χ0n) is 17.8. The monoisotopic (exact) mass is 393 g/mol. The van der Waals surface area contributed by atoms with Crippen LogP contribution in [0.1, 0.15) is 41.5 Å². The summed E-state index contributed by atoms with van der Waals surface area (Å²) in [5.41, 5.74) is 6.04. The van der Waals surface area contributed by atoms with Crippen LogP contribution in [-0.2, 0) is 9.59 Å². The fraction of sp³-hybridized carbons (Fsp3) is 0.417. The lowest BCUT2D eigenvalue weighted by Gasteiger charge is -2.22. The van der Waals surface area contributed by atoms with Gasteiger partial charge in [0.05, 0.1) is 6.54 Å². The van der Waals surface area contributed by atoms with Crippen LogP contribution in [0.15, 0.2) is 36.4 Å². The molecular formula is C24H31N3O2. The number of benzene rings is 2. The molecule has 0 unspecified atom stereocenters. The highest BCUT2D eigenvalue weighted by Crippen LogP contribution is 2.27. The molecule has 0 aliphatic heterocycles. The van der Waals surface area contributed by atoms with Crippen molar-refractivity contribution in [3.63, 3.8) is 0 Å². The van der Waals surface area contributed by atoms with Gasteiger partial charge in [0, 0.05) is 30.4 Å². The van der Waals surface area contributed by atoms with Gasteiger partial charge in [0.25, 0.3) is 0 Å². The van der Waals surface area contributed by atoms with Gasteiger partial charge in [-0.05, 0) is 68.9 Å². The molecule has 2 aromatic rings. The molecule has 1 fully saturated rings. The molecule has 0 bridgehead atoms. The summed E-state index contributed by atoms with van der Waals surface area (Å²) in [6.45, 7) is 8.90. The van der Waals surface area contributed by atoms with Crippen molar-refractivity contribution in [2.75, 3.05) is 23.7 Å². The van der Waals surface area contributed by atoms with E-state index >= 15 is 0 Å². The van der Waals surface area contributed by atoms with Crippen LogP contribution in [0, 0.1) is 27.7 Å². The second-order valence-electron chi connectivity index (χ2n) is 8.13. The van der Waals surface area contributed by atoms with Gasteiger partial charge in [-0.25, -0.2) is 0 Å². The Hall–Kier alpha value is -2.66. The third-order valence-corrected chi connectivity index (χ3v) is 5.45. The smallest absolute Gasteiger partial charge is 0.238 e. The first-order chi connectivity index (χ1) is 13.8. The molecule has 5 nitrogen and oxygen atoms in total. The molecule has 1 aliphatic rings. The summed E-state index contributed by atoms with van der Waals surface area (Å²) >= 11 is 0. The average Bonchev–Trinajstić information content (AvgIpc) is 3.50. The number of hydrogen-bond acceptors (Lipinski definition) is 3. The number of amides is 2. The number of carbonyl (C=O) groups excluding carboxylic acids is 2. The second-order valence-corrected chi connectivity index (χ2v) is 8.13. The Bertz CT molecular complexity index is 883. The van der Waals surface area contributed by atoms with E-state index in [1.807, 2.05) is 64.1 Å². The van der Waals surface area contributed by atoms with Gasteiger partial charge in [-0.1, -0.05) is 30.3 Å². The van der Waals surface area contributed by atoms with Gasteiger partial charge >= 0.3 is 0 Å². The normalized spacial score (nSPS) is 13.4. The quantitative estimate of drug-likeness (QED) is 0.701. The van der Waals surface area contributed by atoms with Crippen molar-refractivity contribution in [3.05, 3.63) is 58.7 Å². The van der Waals surface area contributed by atoms with Crippen molar-refractivity contribution in [2.45, 2.75) is 53.0 Å². The fourth-order valence-electron chi connectivity index (χ4n) is 3.53. The summed E-state index contributed by atoms with van der Waals surface area (Å²) in [4.78, 5) is 27.2. The number of nitrogens with one attached hydrogen (secondary N) is 2. The van der Waals surface area contributed by atoms with E-state index < -0.39 is 0 Å². The van der Waals surface area contributed by atoms with Crippen molar-refractivity contribution in [3.8, 4) is 0 Å². The maximum absolute atomic E-state index is 12.6. The summed E-state index contributed by atoms with van der Waals surface area (Å²) in [6.07, 6.45) is 2.56. The molecule has 2 N–H and O–H groups in total. The van der Waals surface area contributed by atoms with Gasteiger partial charge in [-0.15, -0.1) is 0 Å².